The van der Waals surface area contributed by atoms with E-state index in [-0.39, 0.29) is 5.91 Å². The first-order valence-corrected chi connectivity index (χ1v) is 11.2. The number of methoxy groups -OCH3 is 1. The van der Waals surface area contributed by atoms with Crippen LogP contribution in [-0.4, -0.2) is 45.2 Å². The average Bonchev–Trinajstić information content (AvgIpc) is 2.70. The van der Waals surface area contributed by atoms with Crippen LogP contribution in [0.2, 0.25) is 0 Å². The summed E-state index contributed by atoms with van der Waals surface area (Å²) in [5.74, 6) is 0.366. The Labute approximate surface area is 166 Å². The van der Waals surface area contributed by atoms with Gasteiger partial charge < -0.3 is 9.64 Å². The maximum absolute atomic E-state index is 13.3. The minimum absolute atomic E-state index is 0.176. The molecule has 6 nitrogen and oxygen atoms in total. The van der Waals surface area contributed by atoms with Crippen molar-refractivity contribution in [3.63, 3.8) is 0 Å². The maximum Gasteiger partial charge on any atom is 0.246 e. The van der Waals surface area contributed by atoms with Gasteiger partial charge in [-0.25, -0.2) is 8.42 Å². The molecule has 150 valence electrons. The summed E-state index contributed by atoms with van der Waals surface area (Å²) >= 11 is 0. The lowest BCUT2D eigenvalue weighted by Gasteiger charge is -2.36. The number of ether oxygens (including phenoxy) is 1. The second kappa shape index (κ2) is 8.22. The molecule has 0 spiro atoms. The van der Waals surface area contributed by atoms with Gasteiger partial charge in [0.2, 0.25) is 15.9 Å². The standard InChI is InChI=1S/C21H26N2O4S/c1-4-20(21(24)22-13-12-16-8-5-6-9-17(16)15-22)23(28(3,25)26)18-10-7-11-19(14-18)27-2/h5-11,14,20H,4,12-13,15H2,1-3H3/t20-/m0/s1. The summed E-state index contributed by atoms with van der Waals surface area (Å²) in [5.41, 5.74) is 2.79. The lowest BCUT2D eigenvalue weighted by atomic mass is 9.99. The molecule has 28 heavy (non-hydrogen) atoms. The minimum atomic E-state index is -3.67. The Morgan fingerprint density at radius 3 is 2.54 bits per heavy atom. The van der Waals surface area contributed by atoms with Crippen LogP contribution in [0.5, 0.6) is 5.75 Å². The Morgan fingerprint density at radius 1 is 1.18 bits per heavy atom. The first-order valence-electron chi connectivity index (χ1n) is 9.34. The van der Waals surface area contributed by atoms with Gasteiger partial charge in [0.05, 0.1) is 19.1 Å². The highest BCUT2D eigenvalue weighted by molar-refractivity contribution is 7.92. The van der Waals surface area contributed by atoms with Gasteiger partial charge in [-0.05, 0) is 36.1 Å². The molecule has 0 aliphatic carbocycles. The molecule has 1 amide bonds. The summed E-state index contributed by atoms with van der Waals surface area (Å²) in [4.78, 5) is 15.1. The van der Waals surface area contributed by atoms with Crippen molar-refractivity contribution < 1.29 is 17.9 Å². The zero-order valence-corrected chi connectivity index (χ0v) is 17.3. The second-order valence-corrected chi connectivity index (χ2v) is 8.82. The topological polar surface area (TPSA) is 66.9 Å². The molecule has 7 heteroatoms. The van der Waals surface area contributed by atoms with Crippen LogP contribution >= 0.6 is 0 Å². The van der Waals surface area contributed by atoms with E-state index in [0.29, 0.717) is 30.9 Å². The smallest absolute Gasteiger partial charge is 0.246 e. The fourth-order valence-corrected chi connectivity index (χ4v) is 4.88. The molecule has 0 saturated carbocycles. The molecular formula is C21H26N2O4S. The van der Waals surface area contributed by atoms with E-state index in [0.717, 1.165) is 18.2 Å². The van der Waals surface area contributed by atoms with Crippen LogP contribution in [0, 0.1) is 0 Å². The van der Waals surface area contributed by atoms with Gasteiger partial charge >= 0.3 is 0 Å². The van der Waals surface area contributed by atoms with E-state index in [2.05, 4.69) is 6.07 Å². The van der Waals surface area contributed by atoms with Gasteiger partial charge in [-0.3, -0.25) is 9.10 Å². The third-order valence-electron chi connectivity index (χ3n) is 5.06. The van der Waals surface area contributed by atoms with Crippen molar-refractivity contribution in [1.82, 2.24) is 4.90 Å². The number of fused-ring (bicyclic) bond motifs is 1. The number of hydrogen-bond acceptors (Lipinski definition) is 4. The molecule has 1 aliphatic heterocycles. The van der Waals surface area contributed by atoms with Gasteiger partial charge in [-0.2, -0.15) is 0 Å². The summed E-state index contributed by atoms with van der Waals surface area (Å²) < 4.78 is 31.7. The molecule has 1 aliphatic rings. The number of sulfonamides is 1. The highest BCUT2D eigenvalue weighted by Crippen LogP contribution is 2.28. The van der Waals surface area contributed by atoms with E-state index in [1.807, 2.05) is 25.1 Å². The third-order valence-corrected chi connectivity index (χ3v) is 6.24. The maximum atomic E-state index is 13.3. The number of hydrogen-bond donors (Lipinski definition) is 0. The Bertz CT molecular complexity index is 958. The molecule has 0 fully saturated rings. The van der Waals surface area contributed by atoms with E-state index in [1.54, 1.807) is 29.2 Å². The molecule has 1 atom stereocenters. The zero-order valence-electron chi connectivity index (χ0n) is 16.5. The van der Waals surface area contributed by atoms with E-state index >= 15 is 0 Å². The molecule has 0 aromatic heterocycles. The SMILES string of the molecule is CC[C@@H](C(=O)N1CCc2ccccc2C1)N(c1cccc(OC)c1)S(C)(=O)=O. The van der Waals surface area contributed by atoms with Crippen LogP contribution in [0.25, 0.3) is 0 Å². The lowest BCUT2D eigenvalue weighted by Crippen LogP contribution is -2.51. The van der Waals surface area contributed by atoms with Crippen molar-refractivity contribution in [3.8, 4) is 5.75 Å². The molecule has 0 bridgehead atoms. The Morgan fingerprint density at radius 2 is 1.89 bits per heavy atom. The van der Waals surface area contributed by atoms with E-state index < -0.39 is 16.1 Å². The number of rotatable bonds is 6. The van der Waals surface area contributed by atoms with Crippen molar-refractivity contribution in [2.75, 3.05) is 24.2 Å². The van der Waals surface area contributed by atoms with Gasteiger partial charge in [-0.15, -0.1) is 0 Å². The predicted octanol–water partition coefficient (Wildman–Crippen LogP) is 2.82. The van der Waals surface area contributed by atoms with Crippen molar-refractivity contribution in [2.24, 2.45) is 0 Å². The molecule has 0 N–H and O–H groups in total. The number of carbonyl (C=O) groups excluding carboxylic acids is 1. The minimum Gasteiger partial charge on any atom is -0.497 e. The van der Waals surface area contributed by atoms with Crippen molar-refractivity contribution in [3.05, 3.63) is 59.7 Å². The summed E-state index contributed by atoms with van der Waals surface area (Å²) in [6.45, 7) is 2.92. The van der Waals surface area contributed by atoms with Crippen molar-refractivity contribution >= 4 is 21.6 Å². The molecular weight excluding hydrogens is 376 g/mol. The molecule has 2 aromatic carbocycles. The monoisotopic (exact) mass is 402 g/mol. The fraction of sp³-hybridized carbons (Fsp3) is 0.381. The quantitative estimate of drug-likeness (QED) is 0.745. The lowest BCUT2D eigenvalue weighted by molar-refractivity contribution is -0.133. The zero-order chi connectivity index (χ0) is 20.3. The Kier molecular flexibility index (Phi) is 5.93. The first-order chi connectivity index (χ1) is 13.3. The van der Waals surface area contributed by atoms with Crippen molar-refractivity contribution in [1.29, 1.82) is 0 Å². The fourth-order valence-electron chi connectivity index (χ4n) is 3.69. The van der Waals surface area contributed by atoms with Crippen LogP contribution in [-0.2, 0) is 27.8 Å². The van der Waals surface area contributed by atoms with Crippen molar-refractivity contribution in [2.45, 2.75) is 32.4 Å². The first kappa shape index (κ1) is 20.2. The Balaban J connectivity index is 1.93. The normalized spacial score (nSPS) is 14.9. The number of carbonyl (C=O) groups is 1. The highest BCUT2D eigenvalue weighted by Gasteiger charge is 2.35. The Hall–Kier alpha value is -2.54. The predicted molar refractivity (Wildman–Crippen MR) is 110 cm³/mol. The molecule has 0 radical (unpaired) electrons. The number of benzene rings is 2. The van der Waals surface area contributed by atoms with E-state index in [4.69, 9.17) is 4.74 Å². The summed E-state index contributed by atoms with van der Waals surface area (Å²) in [5, 5.41) is 0. The molecule has 2 aromatic rings. The molecule has 1 heterocycles. The van der Waals surface area contributed by atoms with Gasteiger partial charge in [0.15, 0.2) is 0 Å². The van der Waals surface area contributed by atoms with Gasteiger partial charge in [0, 0.05) is 19.2 Å². The van der Waals surface area contributed by atoms with E-state index in [1.165, 1.54) is 17.0 Å². The van der Waals surface area contributed by atoms with Crippen LogP contribution in [0.1, 0.15) is 24.5 Å². The van der Waals surface area contributed by atoms with Crippen LogP contribution in [0.3, 0.4) is 0 Å². The average molecular weight is 403 g/mol. The van der Waals surface area contributed by atoms with Gasteiger partial charge in [0.25, 0.3) is 0 Å². The van der Waals surface area contributed by atoms with Crippen LogP contribution in [0.4, 0.5) is 5.69 Å². The molecule has 0 unspecified atom stereocenters. The number of nitrogens with zero attached hydrogens (tertiary/aromatic N) is 2. The second-order valence-electron chi connectivity index (χ2n) is 6.96. The summed E-state index contributed by atoms with van der Waals surface area (Å²) in [6.07, 6.45) is 2.28. The number of anilines is 1. The van der Waals surface area contributed by atoms with Crippen LogP contribution < -0.4 is 9.04 Å². The highest BCUT2D eigenvalue weighted by atomic mass is 32.2. The summed E-state index contributed by atoms with van der Waals surface area (Å²) in [6, 6.07) is 14.1. The largest absolute Gasteiger partial charge is 0.497 e. The van der Waals surface area contributed by atoms with Crippen LogP contribution in [0.15, 0.2) is 48.5 Å². The van der Waals surface area contributed by atoms with Gasteiger partial charge in [-0.1, -0.05) is 37.3 Å². The molecule has 3 rings (SSSR count). The summed E-state index contributed by atoms with van der Waals surface area (Å²) in [7, 11) is -2.14. The van der Waals surface area contributed by atoms with E-state index in [9.17, 15) is 13.2 Å². The number of amides is 1. The third kappa shape index (κ3) is 4.14. The van der Waals surface area contributed by atoms with Gasteiger partial charge in [0.1, 0.15) is 11.8 Å². The molecule has 0 saturated heterocycles.